The van der Waals surface area contributed by atoms with Crippen molar-refractivity contribution in [1.82, 2.24) is 10.3 Å². The van der Waals surface area contributed by atoms with Crippen LogP contribution in [0.15, 0.2) is 10.8 Å². The highest BCUT2D eigenvalue weighted by molar-refractivity contribution is 5.14. The minimum atomic E-state index is -0.406. The first-order valence-electron chi connectivity index (χ1n) is 5.35. The van der Waals surface area contributed by atoms with Crippen LogP contribution in [0.5, 0.6) is 0 Å². The Morgan fingerprint density at radius 1 is 1.60 bits per heavy atom. The van der Waals surface area contributed by atoms with E-state index in [0.717, 1.165) is 18.0 Å². The third kappa shape index (κ3) is 2.38. The van der Waals surface area contributed by atoms with Gasteiger partial charge in [0.15, 0.2) is 12.2 Å². The average molecular weight is 210 g/mol. The van der Waals surface area contributed by atoms with Crippen LogP contribution < -0.4 is 5.32 Å². The van der Waals surface area contributed by atoms with Crippen molar-refractivity contribution in [1.29, 1.82) is 0 Å². The molecule has 15 heavy (non-hydrogen) atoms. The van der Waals surface area contributed by atoms with Gasteiger partial charge in [-0.05, 0) is 26.7 Å². The average Bonchev–Trinajstić information content (AvgIpc) is 2.92. The minimum Gasteiger partial charge on any atom is -0.445 e. The number of hydrogen-bond acceptors (Lipinski definition) is 4. The topological polar surface area (TPSA) is 47.3 Å². The Kier molecular flexibility index (Phi) is 2.80. The van der Waals surface area contributed by atoms with Crippen LogP contribution in [0.3, 0.4) is 0 Å². The number of methoxy groups -OCH3 is 1. The van der Waals surface area contributed by atoms with E-state index in [4.69, 9.17) is 9.15 Å². The smallest absolute Gasteiger partial charge is 0.181 e. The summed E-state index contributed by atoms with van der Waals surface area (Å²) >= 11 is 0. The van der Waals surface area contributed by atoms with E-state index in [1.807, 2.05) is 13.8 Å². The molecular weight excluding hydrogens is 192 g/mol. The molecule has 84 valence electrons. The maximum absolute atomic E-state index is 5.40. The lowest BCUT2D eigenvalue weighted by Gasteiger charge is -2.20. The highest BCUT2D eigenvalue weighted by Gasteiger charge is 2.29. The minimum absolute atomic E-state index is 0.406. The van der Waals surface area contributed by atoms with Gasteiger partial charge in [-0.15, -0.1) is 0 Å². The summed E-state index contributed by atoms with van der Waals surface area (Å²) < 4.78 is 10.8. The first-order valence-corrected chi connectivity index (χ1v) is 5.35. The van der Waals surface area contributed by atoms with Crippen molar-refractivity contribution in [3.8, 4) is 0 Å². The SMILES string of the molecule is COC(C)(C)c1ocnc1CNC1CC1. The number of nitrogens with one attached hydrogen (secondary N) is 1. The van der Waals surface area contributed by atoms with E-state index in [0.29, 0.717) is 6.04 Å². The maximum Gasteiger partial charge on any atom is 0.181 e. The molecule has 0 amide bonds. The van der Waals surface area contributed by atoms with Crippen molar-refractivity contribution in [2.24, 2.45) is 0 Å². The van der Waals surface area contributed by atoms with Gasteiger partial charge in [0.05, 0.1) is 5.69 Å². The van der Waals surface area contributed by atoms with Crippen molar-refractivity contribution < 1.29 is 9.15 Å². The molecule has 1 aromatic heterocycles. The number of rotatable bonds is 5. The molecule has 1 N–H and O–H groups in total. The third-order valence-electron chi connectivity index (χ3n) is 2.83. The zero-order valence-electron chi connectivity index (χ0n) is 9.54. The second kappa shape index (κ2) is 3.94. The summed E-state index contributed by atoms with van der Waals surface area (Å²) in [6, 6.07) is 0.681. The summed E-state index contributed by atoms with van der Waals surface area (Å²) in [7, 11) is 1.68. The van der Waals surface area contributed by atoms with Crippen LogP contribution in [0, 0.1) is 0 Å². The molecule has 4 heteroatoms. The number of nitrogens with zero attached hydrogens (tertiary/aromatic N) is 1. The van der Waals surface area contributed by atoms with Crippen molar-refractivity contribution in [3.63, 3.8) is 0 Å². The summed E-state index contributed by atoms with van der Waals surface area (Å²) in [6.45, 7) is 4.73. The zero-order chi connectivity index (χ0) is 10.9. The van der Waals surface area contributed by atoms with Crippen LogP contribution in [0.1, 0.15) is 38.1 Å². The lowest BCUT2D eigenvalue weighted by atomic mass is 10.0. The Labute approximate surface area is 90.0 Å². The molecule has 0 aromatic carbocycles. The fourth-order valence-corrected chi connectivity index (χ4v) is 1.51. The number of ether oxygens (including phenoxy) is 1. The van der Waals surface area contributed by atoms with Crippen molar-refractivity contribution in [2.75, 3.05) is 7.11 Å². The van der Waals surface area contributed by atoms with Gasteiger partial charge < -0.3 is 14.5 Å². The molecule has 0 unspecified atom stereocenters. The van der Waals surface area contributed by atoms with Crippen LogP contribution in [0.2, 0.25) is 0 Å². The summed E-state index contributed by atoms with van der Waals surface area (Å²) in [5.74, 6) is 0.818. The monoisotopic (exact) mass is 210 g/mol. The largest absolute Gasteiger partial charge is 0.445 e. The molecule has 0 atom stereocenters. The Hall–Kier alpha value is -0.870. The van der Waals surface area contributed by atoms with Gasteiger partial charge in [0.1, 0.15) is 5.60 Å². The van der Waals surface area contributed by atoms with Gasteiger partial charge in [-0.1, -0.05) is 0 Å². The van der Waals surface area contributed by atoms with E-state index in [9.17, 15) is 0 Å². The van der Waals surface area contributed by atoms with Crippen LogP contribution in [-0.4, -0.2) is 18.1 Å². The maximum atomic E-state index is 5.40. The Morgan fingerprint density at radius 3 is 2.93 bits per heavy atom. The Balaban J connectivity index is 2.06. The van der Waals surface area contributed by atoms with Gasteiger partial charge in [0.25, 0.3) is 0 Å². The molecule has 1 aliphatic rings. The fourth-order valence-electron chi connectivity index (χ4n) is 1.51. The summed E-state index contributed by atoms with van der Waals surface area (Å²) in [6.07, 6.45) is 4.04. The standard InChI is InChI=1S/C11H18N2O2/c1-11(2,14-3)10-9(13-7-15-10)6-12-8-4-5-8/h7-8,12H,4-6H2,1-3H3. The molecule has 1 fully saturated rings. The summed E-state index contributed by atoms with van der Waals surface area (Å²) in [4.78, 5) is 4.22. The highest BCUT2D eigenvalue weighted by Crippen LogP contribution is 2.27. The zero-order valence-corrected chi connectivity index (χ0v) is 9.54. The van der Waals surface area contributed by atoms with Gasteiger partial charge in [-0.3, -0.25) is 0 Å². The molecule has 1 aliphatic carbocycles. The molecule has 0 radical (unpaired) electrons. The van der Waals surface area contributed by atoms with E-state index in [1.165, 1.54) is 19.2 Å². The molecule has 0 bridgehead atoms. The predicted octanol–water partition coefficient (Wildman–Crippen LogP) is 1.81. The lowest BCUT2D eigenvalue weighted by Crippen LogP contribution is -2.23. The predicted molar refractivity (Wildman–Crippen MR) is 56.4 cm³/mol. The van der Waals surface area contributed by atoms with E-state index >= 15 is 0 Å². The van der Waals surface area contributed by atoms with Crippen LogP contribution in [-0.2, 0) is 16.9 Å². The first-order chi connectivity index (χ1) is 7.13. The van der Waals surface area contributed by atoms with Crippen LogP contribution in [0.4, 0.5) is 0 Å². The molecule has 1 saturated carbocycles. The first kappa shape index (κ1) is 10.6. The molecule has 0 spiro atoms. The van der Waals surface area contributed by atoms with Gasteiger partial charge in [0, 0.05) is 19.7 Å². The second-order valence-electron chi connectivity index (χ2n) is 4.50. The quantitative estimate of drug-likeness (QED) is 0.805. The van der Waals surface area contributed by atoms with Crippen molar-refractivity contribution in [3.05, 3.63) is 17.8 Å². The molecule has 1 heterocycles. The van der Waals surface area contributed by atoms with Crippen molar-refractivity contribution in [2.45, 2.75) is 44.9 Å². The Morgan fingerprint density at radius 2 is 2.33 bits per heavy atom. The summed E-state index contributed by atoms with van der Waals surface area (Å²) in [5, 5.41) is 3.42. The van der Waals surface area contributed by atoms with Gasteiger partial charge in [-0.25, -0.2) is 4.98 Å². The lowest BCUT2D eigenvalue weighted by molar-refractivity contribution is -0.000102. The van der Waals surface area contributed by atoms with Crippen LogP contribution >= 0.6 is 0 Å². The highest BCUT2D eigenvalue weighted by atomic mass is 16.5. The van der Waals surface area contributed by atoms with E-state index in [2.05, 4.69) is 10.3 Å². The molecule has 0 saturated heterocycles. The molecule has 4 nitrogen and oxygen atoms in total. The molecule has 0 aliphatic heterocycles. The Bertz CT molecular complexity index is 329. The van der Waals surface area contributed by atoms with Crippen LogP contribution in [0.25, 0.3) is 0 Å². The normalized spacial score (nSPS) is 17.0. The number of hydrogen-bond donors (Lipinski definition) is 1. The fraction of sp³-hybridized carbons (Fsp3) is 0.727. The van der Waals surface area contributed by atoms with E-state index in [-0.39, 0.29) is 0 Å². The molecule has 1 aromatic rings. The number of aromatic nitrogens is 1. The third-order valence-corrected chi connectivity index (χ3v) is 2.83. The van der Waals surface area contributed by atoms with E-state index in [1.54, 1.807) is 7.11 Å². The molecule has 2 rings (SSSR count). The van der Waals surface area contributed by atoms with Crippen molar-refractivity contribution >= 4 is 0 Å². The number of oxazole rings is 1. The summed E-state index contributed by atoms with van der Waals surface area (Å²) in [5.41, 5.74) is 0.547. The van der Waals surface area contributed by atoms with E-state index < -0.39 is 5.60 Å². The van der Waals surface area contributed by atoms with Gasteiger partial charge in [-0.2, -0.15) is 0 Å². The molecular formula is C11H18N2O2. The van der Waals surface area contributed by atoms with Gasteiger partial charge in [0.2, 0.25) is 0 Å². The second-order valence-corrected chi connectivity index (χ2v) is 4.50. The van der Waals surface area contributed by atoms with Gasteiger partial charge >= 0.3 is 0 Å².